The number of hydrogen-bond donors (Lipinski definition) is 1. The Morgan fingerprint density at radius 3 is 1.76 bits per heavy atom. The first-order valence-corrected chi connectivity index (χ1v) is 24.5. The third kappa shape index (κ3) is 22.9. The zero-order valence-corrected chi connectivity index (χ0v) is 28.1. The minimum absolute atomic E-state index is 0.120. The molecule has 2 rings (SSSR count). The average Bonchev–Trinajstić information content (AvgIpc) is 3.03. The zero-order chi connectivity index (χ0) is 23.3. The number of halogens is 11. The number of hydrogen-bond acceptors (Lipinski definition) is 2. The molecule has 29 heavy (non-hydrogen) atoms. The van der Waals surface area contributed by atoms with Crippen LogP contribution in [0.3, 0.4) is 0 Å². The molecule has 0 saturated carbocycles. The van der Waals surface area contributed by atoms with Crippen molar-refractivity contribution in [3.05, 3.63) is 0 Å². The third-order valence-corrected chi connectivity index (χ3v) is 4.15. The van der Waals surface area contributed by atoms with Gasteiger partial charge in [0, 0.05) is 38.8 Å². The molecule has 176 valence electrons. The third-order valence-electron chi connectivity index (χ3n) is 3.34. The molecule has 0 aromatic heterocycles. The van der Waals surface area contributed by atoms with Gasteiger partial charge in [0.2, 0.25) is 11.8 Å². The summed E-state index contributed by atoms with van der Waals surface area (Å²) in [6.07, 6.45) is -0.507. The van der Waals surface area contributed by atoms with E-state index < -0.39 is 23.6 Å². The molecule has 2 aliphatic heterocycles. The van der Waals surface area contributed by atoms with E-state index in [1.165, 1.54) is 7.10 Å². The molecule has 0 aromatic carbocycles. The summed E-state index contributed by atoms with van der Waals surface area (Å²) in [7, 11) is 2.20. The van der Waals surface area contributed by atoms with Gasteiger partial charge in [-0.05, 0) is 44.4 Å². The van der Waals surface area contributed by atoms with Crippen LogP contribution in [-0.4, -0.2) is 42.8 Å². The van der Waals surface area contributed by atoms with Gasteiger partial charge in [-0.1, -0.05) is 45.2 Å². The number of nitrogens with zero attached hydrogens (tertiary/aromatic N) is 1. The molecule has 0 radical (unpaired) electrons. The van der Waals surface area contributed by atoms with Crippen molar-refractivity contribution in [2.45, 2.75) is 36.4 Å². The fourth-order valence-corrected chi connectivity index (χ4v) is 3.25. The largest absolute Gasteiger partial charge is 0.356 e. The van der Waals surface area contributed by atoms with E-state index in [2.05, 4.69) is 109 Å². The van der Waals surface area contributed by atoms with Gasteiger partial charge in [-0.2, -0.15) is 17.6 Å². The fraction of sp³-hybridized carbons (Fsp3) is 0.846. The molecule has 2 heterocycles. The predicted molar refractivity (Wildman–Crippen MR) is 142 cm³/mol. The van der Waals surface area contributed by atoms with Crippen LogP contribution in [0, 0.1) is 11.8 Å². The quantitative estimate of drug-likeness (QED) is 0.202. The summed E-state index contributed by atoms with van der Waals surface area (Å²) in [5, 5.41) is -3.89. The Hall–Kier alpha value is 3.32. The van der Waals surface area contributed by atoms with Crippen LogP contribution >= 0.6 is 115 Å². The predicted octanol–water partition coefficient (Wildman–Crippen LogP) is 3.78. The molecular weight excluding hydrogens is 1030 g/mol. The second-order valence-electron chi connectivity index (χ2n) is 5.78. The van der Waals surface area contributed by atoms with Crippen molar-refractivity contribution < 1.29 is 40.4 Å². The van der Waals surface area contributed by atoms with Gasteiger partial charge in [-0.25, -0.2) is 0 Å². The van der Waals surface area contributed by atoms with Crippen LogP contribution in [0.1, 0.15) is 25.7 Å². The van der Waals surface area contributed by atoms with E-state index in [1.807, 2.05) is 0 Å². The first kappa shape index (κ1) is 34.5. The molecule has 1 N–H and O–H groups in total. The summed E-state index contributed by atoms with van der Waals surface area (Å²) in [6.45, 7) is 0.674. The van der Waals surface area contributed by atoms with Crippen LogP contribution in [-0.2, 0) is 9.59 Å². The van der Waals surface area contributed by atoms with Crippen molar-refractivity contribution in [2.75, 3.05) is 15.5 Å². The topological polar surface area (TPSA) is 49.4 Å². The van der Waals surface area contributed by atoms with Crippen LogP contribution in [0.15, 0.2) is 0 Å². The van der Waals surface area contributed by atoms with E-state index in [0.29, 0.717) is 26.3 Å². The molecular formula is C13H19Cl2F4I5N2O2P-. The second kappa shape index (κ2) is 18.6. The SMILES string of the molecule is ICI.I[I-]I.O=C1CC(CC(F)(F)Cl)CN1.O=C1CC(CC(F)(F)Cl)CN1P. The van der Waals surface area contributed by atoms with Crippen molar-refractivity contribution in [1.82, 2.24) is 9.99 Å². The van der Waals surface area contributed by atoms with Crippen LogP contribution in [0.2, 0.25) is 0 Å². The minimum atomic E-state index is -3.18. The molecule has 0 bridgehead atoms. The number of amides is 2. The Morgan fingerprint density at radius 1 is 1.07 bits per heavy atom. The minimum Gasteiger partial charge on any atom is -0.356 e. The summed E-state index contributed by atoms with van der Waals surface area (Å²) in [5.74, 6) is -0.917. The van der Waals surface area contributed by atoms with Gasteiger partial charge in [-0.3, -0.25) is 9.59 Å². The van der Waals surface area contributed by atoms with Crippen LogP contribution in [0.25, 0.3) is 0 Å². The number of alkyl halides is 8. The first-order chi connectivity index (χ1) is 13.2. The van der Waals surface area contributed by atoms with Crippen molar-refractivity contribution in [3.8, 4) is 0 Å². The molecule has 2 fully saturated rings. The van der Waals surface area contributed by atoms with E-state index in [4.69, 9.17) is 11.6 Å². The van der Waals surface area contributed by atoms with Crippen molar-refractivity contribution in [1.29, 1.82) is 0 Å². The van der Waals surface area contributed by atoms with E-state index in [1.54, 1.807) is 0 Å². The number of carbonyl (C=O) groups excluding carboxylic acids is 2. The van der Waals surface area contributed by atoms with Crippen LogP contribution in [0.4, 0.5) is 17.6 Å². The molecule has 3 atom stereocenters. The maximum Gasteiger partial charge on any atom is 0.322 e. The van der Waals surface area contributed by atoms with Crippen molar-refractivity contribution >= 4 is 127 Å². The summed E-state index contributed by atoms with van der Waals surface area (Å²) < 4.78 is 51.3. The Balaban J connectivity index is 0. The molecule has 0 aliphatic carbocycles. The summed E-state index contributed by atoms with van der Waals surface area (Å²) in [6, 6.07) is 0. The van der Waals surface area contributed by atoms with Gasteiger partial charge in [0.25, 0.3) is 0 Å². The van der Waals surface area contributed by atoms with Gasteiger partial charge in [0.15, 0.2) is 0 Å². The zero-order valence-electron chi connectivity index (χ0n) is 14.6. The Kier molecular flexibility index (Phi) is 22.1. The molecule has 16 heteroatoms. The summed E-state index contributed by atoms with van der Waals surface area (Å²) >= 11 is 19.3. The van der Waals surface area contributed by atoms with E-state index in [9.17, 15) is 27.2 Å². The molecule has 2 saturated heterocycles. The molecule has 3 unspecified atom stereocenters. The number of carbonyl (C=O) groups is 2. The van der Waals surface area contributed by atoms with Crippen LogP contribution < -0.4 is 18.6 Å². The Morgan fingerprint density at radius 2 is 1.48 bits per heavy atom. The Bertz CT molecular complexity index is 491. The molecule has 0 spiro atoms. The molecule has 2 aliphatic rings. The van der Waals surface area contributed by atoms with E-state index in [0.717, 1.165) is 0 Å². The van der Waals surface area contributed by atoms with Gasteiger partial charge in [0.05, 0.1) is 2.43 Å². The van der Waals surface area contributed by atoms with Crippen molar-refractivity contribution in [2.24, 2.45) is 11.8 Å². The summed E-state index contributed by atoms with van der Waals surface area (Å²) in [4.78, 5) is 21.4. The first-order valence-electron chi connectivity index (χ1n) is 7.63. The standard InChI is InChI=1S/C6H9ClF2NOP.C6H8ClF2NO.CH2I2.I3/c7-6(8,9)2-4-1-5(11)10(12)3-4;7-6(8,9)2-4-1-5(11)10-3-4;2-1-3;1-3-2/h4H,1-3,12H2;4H,1-3H2,(H,10,11);1H2;/q;;;-1. The smallest absolute Gasteiger partial charge is 0.322 e. The maximum absolute atomic E-state index is 12.3. The van der Waals surface area contributed by atoms with Gasteiger partial charge < -0.3 is 9.99 Å². The average molecular weight is 1050 g/mol. The monoisotopic (exact) mass is 1050 g/mol. The van der Waals surface area contributed by atoms with Gasteiger partial charge >= 0.3 is 61.3 Å². The fourth-order valence-electron chi connectivity index (χ4n) is 2.41. The molecule has 4 nitrogen and oxygen atoms in total. The van der Waals surface area contributed by atoms with Crippen molar-refractivity contribution in [3.63, 3.8) is 0 Å². The second-order valence-corrected chi connectivity index (χ2v) is 28.2. The normalized spacial score (nSPS) is 21.4. The number of rotatable bonds is 4. The van der Waals surface area contributed by atoms with E-state index >= 15 is 0 Å². The van der Waals surface area contributed by atoms with Crippen LogP contribution in [0.5, 0.6) is 0 Å². The molecule has 0 aromatic rings. The van der Waals surface area contributed by atoms with Gasteiger partial charge in [0.1, 0.15) is 0 Å². The van der Waals surface area contributed by atoms with Gasteiger partial charge in [-0.15, -0.1) is 0 Å². The summed E-state index contributed by atoms with van der Waals surface area (Å²) in [5.41, 5.74) is 0. The maximum atomic E-state index is 12.3. The number of nitrogens with one attached hydrogen (secondary N) is 1. The Labute approximate surface area is 237 Å². The molecule has 2 amide bonds. The van der Waals surface area contributed by atoms with E-state index in [-0.39, 0.29) is 36.5 Å².